The lowest BCUT2D eigenvalue weighted by atomic mass is 9.99. The third-order valence-corrected chi connectivity index (χ3v) is 5.92. The summed E-state index contributed by atoms with van der Waals surface area (Å²) in [5.74, 6) is 0. The van der Waals surface area contributed by atoms with Gasteiger partial charge >= 0.3 is 0 Å². The molecule has 0 atom stereocenters. The Balaban J connectivity index is 1.36. The summed E-state index contributed by atoms with van der Waals surface area (Å²) in [6, 6.07) is 47.3. The van der Waals surface area contributed by atoms with Gasteiger partial charge in [0.1, 0.15) is 0 Å². The zero-order valence-electron chi connectivity index (χ0n) is 18.1. The standard InChI is InChI=1S/C31H25N/c1-32(30-19-15-26(16-20-30)24-9-4-2-5-10-24)31-21-17-27(18-22-31)29-14-8-13-28(23-29)25-11-6-3-7-12-25/h2-23H,1H3. The second kappa shape index (κ2) is 8.95. The molecule has 1 heteroatoms. The van der Waals surface area contributed by atoms with Crippen LogP contribution in [0.4, 0.5) is 11.4 Å². The van der Waals surface area contributed by atoms with Crippen molar-refractivity contribution in [2.75, 3.05) is 11.9 Å². The highest BCUT2D eigenvalue weighted by Gasteiger charge is 2.07. The Morgan fingerprint density at radius 1 is 0.344 bits per heavy atom. The zero-order chi connectivity index (χ0) is 21.8. The quantitative estimate of drug-likeness (QED) is 0.280. The lowest BCUT2D eigenvalue weighted by Gasteiger charge is -2.20. The minimum Gasteiger partial charge on any atom is -0.345 e. The Morgan fingerprint density at radius 2 is 0.688 bits per heavy atom. The molecule has 5 aromatic rings. The highest BCUT2D eigenvalue weighted by Crippen LogP contribution is 2.30. The van der Waals surface area contributed by atoms with Crippen molar-refractivity contribution >= 4 is 11.4 Å². The van der Waals surface area contributed by atoms with E-state index in [1.807, 2.05) is 6.07 Å². The summed E-state index contributed by atoms with van der Waals surface area (Å²) in [6.45, 7) is 0. The highest BCUT2D eigenvalue weighted by atomic mass is 15.1. The molecule has 0 fully saturated rings. The van der Waals surface area contributed by atoms with Crippen molar-refractivity contribution in [3.8, 4) is 33.4 Å². The van der Waals surface area contributed by atoms with Crippen molar-refractivity contribution in [1.29, 1.82) is 0 Å². The van der Waals surface area contributed by atoms with E-state index in [-0.39, 0.29) is 0 Å². The molecule has 5 rings (SSSR count). The molecule has 0 aliphatic heterocycles. The van der Waals surface area contributed by atoms with E-state index in [9.17, 15) is 0 Å². The first kappa shape index (κ1) is 19.8. The monoisotopic (exact) mass is 411 g/mol. The van der Waals surface area contributed by atoms with Gasteiger partial charge in [-0.25, -0.2) is 0 Å². The van der Waals surface area contributed by atoms with Crippen molar-refractivity contribution in [2.24, 2.45) is 0 Å². The summed E-state index contributed by atoms with van der Waals surface area (Å²) in [6.07, 6.45) is 0. The summed E-state index contributed by atoms with van der Waals surface area (Å²) in [5, 5.41) is 0. The van der Waals surface area contributed by atoms with Crippen molar-refractivity contribution < 1.29 is 0 Å². The Labute approximate surface area is 190 Å². The first-order chi connectivity index (χ1) is 15.8. The Morgan fingerprint density at radius 3 is 1.16 bits per heavy atom. The van der Waals surface area contributed by atoms with Crippen LogP contribution < -0.4 is 4.90 Å². The second-order valence-corrected chi connectivity index (χ2v) is 7.97. The largest absolute Gasteiger partial charge is 0.345 e. The summed E-state index contributed by atoms with van der Waals surface area (Å²) in [4.78, 5) is 2.22. The van der Waals surface area contributed by atoms with E-state index in [1.165, 1.54) is 44.8 Å². The van der Waals surface area contributed by atoms with Crippen molar-refractivity contribution in [3.63, 3.8) is 0 Å². The summed E-state index contributed by atoms with van der Waals surface area (Å²) in [7, 11) is 2.11. The minimum atomic E-state index is 1.17. The molecule has 0 aliphatic carbocycles. The zero-order valence-corrected chi connectivity index (χ0v) is 18.1. The van der Waals surface area contributed by atoms with Gasteiger partial charge in [-0.15, -0.1) is 0 Å². The number of anilines is 2. The van der Waals surface area contributed by atoms with Crippen molar-refractivity contribution in [2.45, 2.75) is 0 Å². The van der Waals surface area contributed by atoms with Gasteiger partial charge in [0, 0.05) is 18.4 Å². The lowest BCUT2D eigenvalue weighted by molar-refractivity contribution is 1.21. The minimum absolute atomic E-state index is 1.17. The molecule has 0 unspecified atom stereocenters. The van der Waals surface area contributed by atoms with Crippen LogP contribution in [0.3, 0.4) is 0 Å². The first-order valence-electron chi connectivity index (χ1n) is 10.9. The third kappa shape index (κ3) is 4.19. The van der Waals surface area contributed by atoms with Gasteiger partial charge in [0.2, 0.25) is 0 Å². The Bertz CT molecular complexity index is 1290. The average Bonchev–Trinajstić information content (AvgIpc) is 2.89. The SMILES string of the molecule is CN(c1ccc(-c2ccccc2)cc1)c1ccc(-c2cccc(-c3ccccc3)c2)cc1. The molecule has 0 aliphatic rings. The maximum Gasteiger partial charge on any atom is 0.0408 e. The van der Waals surface area contributed by atoms with Crippen LogP contribution in [0.1, 0.15) is 0 Å². The Kier molecular flexibility index (Phi) is 5.55. The number of benzene rings is 5. The molecule has 0 heterocycles. The maximum atomic E-state index is 2.26. The molecule has 0 N–H and O–H groups in total. The molecule has 0 aromatic heterocycles. The molecule has 0 amide bonds. The molecule has 0 radical (unpaired) electrons. The molecule has 32 heavy (non-hydrogen) atoms. The maximum absolute atomic E-state index is 2.26. The van der Waals surface area contributed by atoms with E-state index in [2.05, 4.69) is 139 Å². The van der Waals surface area contributed by atoms with E-state index in [4.69, 9.17) is 0 Å². The van der Waals surface area contributed by atoms with Crippen LogP contribution in [0, 0.1) is 0 Å². The molecule has 0 spiro atoms. The summed E-state index contributed by atoms with van der Waals surface area (Å²) >= 11 is 0. The van der Waals surface area contributed by atoms with Crippen LogP contribution in [0.25, 0.3) is 33.4 Å². The molecule has 0 saturated carbocycles. The Hall–Kier alpha value is -4.10. The van der Waals surface area contributed by atoms with Gasteiger partial charge in [0.05, 0.1) is 0 Å². The van der Waals surface area contributed by atoms with Crippen LogP contribution in [0.2, 0.25) is 0 Å². The van der Waals surface area contributed by atoms with E-state index in [1.54, 1.807) is 0 Å². The molecular weight excluding hydrogens is 386 g/mol. The molecule has 5 aromatic carbocycles. The molecule has 0 saturated heterocycles. The van der Waals surface area contributed by atoms with Crippen LogP contribution in [0.15, 0.2) is 133 Å². The number of rotatable bonds is 5. The van der Waals surface area contributed by atoms with E-state index >= 15 is 0 Å². The van der Waals surface area contributed by atoms with Gasteiger partial charge in [-0.3, -0.25) is 0 Å². The lowest BCUT2D eigenvalue weighted by Crippen LogP contribution is -2.08. The predicted molar refractivity (Wildman–Crippen MR) is 137 cm³/mol. The number of hydrogen-bond donors (Lipinski definition) is 0. The van der Waals surface area contributed by atoms with Crippen molar-refractivity contribution in [1.82, 2.24) is 0 Å². The predicted octanol–water partition coefficient (Wildman–Crippen LogP) is 8.46. The van der Waals surface area contributed by atoms with Gasteiger partial charge in [-0.1, -0.05) is 103 Å². The number of nitrogens with zero attached hydrogens (tertiary/aromatic N) is 1. The third-order valence-electron chi connectivity index (χ3n) is 5.92. The molecule has 1 nitrogen and oxygen atoms in total. The molecule has 154 valence electrons. The topological polar surface area (TPSA) is 3.24 Å². The normalized spacial score (nSPS) is 10.7. The van der Waals surface area contributed by atoms with Gasteiger partial charge in [0.15, 0.2) is 0 Å². The van der Waals surface area contributed by atoms with Gasteiger partial charge in [-0.05, 0) is 63.7 Å². The fourth-order valence-corrected chi connectivity index (χ4v) is 4.04. The van der Waals surface area contributed by atoms with E-state index < -0.39 is 0 Å². The fourth-order valence-electron chi connectivity index (χ4n) is 4.04. The van der Waals surface area contributed by atoms with Gasteiger partial charge in [-0.2, -0.15) is 0 Å². The van der Waals surface area contributed by atoms with Crippen molar-refractivity contribution in [3.05, 3.63) is 133 Å². The molecule has 0 bridgehead atoms. The first-order valence-corrected chi connectivity index (χ1v) is 10.9. The molecular formula is C31H25N. The van der Waals surface area contributed by atoms with E-state index in [0.717, 1.165) is 0 Å². The summed E-state index contributed by atoms with van der Waals surface area (Å²) in [5.41, 5.74) is 9.74. The smallest absolute Gasteiger partial charge is 0.0408 e. The van der Waals surface area contributed by atoms with Crippen LogP contribution in [-0.4, -0.2) is 7.05 Å². The van der Waals surface area contributed by atoms with E-state index in [0.29, 0.717) is 0 Å². The number of hydrogen-bond acceptors (Lipinski definition) is 1. The van der Waals surface area contributed by atoms with Crippen LogP contribution in [0.5, 0.6) is 0 Å². The van der Waals surface area contributed by atoms with Gasteiger partial charge in [0.25, 0.3) is 0 Å². The average molecular weight is 412 g/mol. The fraction of sp³-hybridized carbons (Fsp3) is 0.0323. The van der Waals surface area contributed by atoms with Crippen LogP contribution >= 0.6 is 0 Å². The van der Waals surface area contributed by atoms with Gasteiger partial charge < -0.3 is 4.90 Å². The summed E-state index contributed by atoms with van der Waals surface area (Å²) < 4.78 is 0. The second-order valence-electron chi connectivity index (χ2n) is 7.97. The van der Waals surface area contributed by atoms with Crippen LogP contribution in [-0.2, 0) is 0 Å². The highest BCUT2D eigenvalue weighted by molar-refractivity contribution is 5.75.